The van der Waals surface area contributed by atoms with Gasteiger partial charge in [-0.1, -0.05) is 35.5 Å². The number of aryl methyl sites for hydroxylation is 2. The predicted octanol–water partition coefficient (Wildman–Crippen LogP) is 2.76. The topological polar surface area (TPSA) is 88.0 Å². The summed E-state index contributed by atoms with van der Waals surface area (Å²) in [4.78, 5) is 15.4. The number of rotatable bonds is 5. The van der Waals surface area contributed by atoms with Crippen molar-refractivity contribution in [1.82, 2.24) is 25.4 Å². The lowest BCUT2D eigenvalue weighted by molar-refractivity contribution is -0.121. The van der Waals surface area contributed by atoms with Crippen LogP contribution in [0.25, 0.3) is 21.9 Å². The molecule has 26 heavy (non-hydrogen) atoms. The fourth-order valence-electron chi connectivity index (χ4n) is 2.98. The Morgan fingerprint density at radius 3 is 2.96 bits per heavy atom. The highest BCUT2D eigenvalue weighted by atomic mass is 16.2. The van der Waals surface area contributed by atoms with Gasteiger partial charge in [-0.3, -0.25) is 4.79 Å². The van der Waals surface area contributed by atoms with Crippen molar-refractivity contribution in [2.24, 2.45) is 5.10 Å². The zero-order valence-corrected chi connectivity index (χ0v) is 14.3. The number of H-pyrrole nitrogens is 1. The van der Waals surface area contributed by atoms with Crippen LogP contribution in [0.1, 0.15) is 17.7 Å². The first-order chi connectivity index (χ1) is 12.7. The first-order valence-corrected chi connectivity index (χ1v) is 8.40. The number of amides is 1. The Morgan fingerprint density at radius 2 is 2.04 bits per heavy atom. The number of fused-ring (bicyclic) bond motifs is 2. The lowest BCUT2D eigenvalue weighted by Crippen LogP contribution is -2.19. The van der Waals surface area contributed by atoms with E-state index in [1.165, 1.54) is 0 Å². The molecule has 2 aromatic carbocycles. The summed E-state index contributed by atoms with van der Waals surface area (Å²) in [5.74, 6) is -0.168. The van der Waals surface area contributed by atoms with Gasteiger partial charge in [0.05, 0.1) is 18.3 Å². The van der Waals surface area contributed by atoms with Crippen LogP contribution in [0.3, 0.4) is 0 Å². The van der Waals surface area contributed by atoms with Gasteiger partial charge in [0.2, 0.25) is 5.91 Å². The molecular formula is C19H18N6O. The molecule has 4 rings (SSSR count). The molecule has 0 atom stereocenters. The van der Waals surface area contributed by atoms with E-state index in [1.807, 2.05) is 55.5 Å². The number of aromatic nitrogens is 4. The highest BCUT2D eigenvalue weighted by Crippen LogP contribution is 2.19. The molecule has 1 amide bonds. The monoisotopic (exact) mass is 346 g/mol. The number of hydrogen-bond donors (Lipinski definition) is 2. The van der Waals surface area contributed by atoms with E-state index in [2.05, 4.69) is 25.8 Å². The molecule has 0 fully saturated rings. The van der Waals surface area contributed by atoms with Crippen molar-refractivity contribution in [3.8, 4) is 0 Å². The van der Waals surface area contributed by atoms with E-state index >= 15 is 0 Å². The number of nitrogens with zero attached hydrogens (tertiary/aromatic N) is 4. The molecule has 4 aromatic rings. The lowest BCUT2D eigenvalue weighted by atomic mass is 10.1. The van der Waals surface area contributed by atoms with Crippen LogP contribution in [0.2, 0.25) is 0 Å². The molecule has 0 saturated heterocycles. The SMILES string of the molecule is Cc1[nH]c2ccccc2c1/C=N\NC(=O)CCn1nnc2ccccc21. The Morgan fingerprint density at radius 1 is 1.23 bits per heavy atom. The minimum absolute atomic E-state index is 0.168. The third-order valence-corrected chi connectivity index (χ3v) is 4.30. The zero-order chi connectivity index (χ0) is 17.9. The van der Waals surface area contributed by atoms with Gasteiger partial charge in [-0.05, 0) is 25.1 Å². The fourth-order valence-corrected chi connectivity index (χ4v) is 2.98. The second-order valence-corrected chi connectivity index (χ2v) is 6.05. The van der Waals surface area contributed by atoms with Crippen molar-refractivity contribution >= 4 is 34.1 Å². The summed E-state index contributed by atoms with van der Waals surface area (Å²) in [6.45, 7) is 2.44. The van der Waals surface area contributed by atoms with Crippen molar-refractivity contribution in [2.45, 2.75) is 19.9 Å². The van der Waals surface area contributed by atoms with Crippen molar-refractivity contribution < 1.29 is 4.79 Å². The molecule has 7 heteroatoms. The van der Waals surface area contributed by atoms with Crippen molar-refractivity contribution in [1.29, 1.82) is 0 Å². The Balaban J connectivity index is 1.39. The molecule has 7 nitrogen and oxygen atoms in total. The number of aromatic amines is 1. The average molecular weight is 346 g/mol. The normalized spacial score (nSPS) is 11.6. The van der Waals surface area contributed by atoms with E-state index < -0.39 is 0 Å². The highest BCUT2D eigenvalue weighted by Gasteiger charge is 2.07. The van der Waals surface area contributed by atoms with Crippen LogP contribution in [0.4, 0.5) is 0 Å². The first kappa shape index (κ1) is 16.0. The van der Waals surface area contributed by atoms with Crippen molar-refractivity contribution in [3.63, 3.8) is 0 Å². The number of benzene rings is 2. The fraction of sp³-hybridized carbons (Fsp3) is 0.158. The Labute approximate surface area is 149 Å². The van der Waals surface area contributed by atoms with Gasteiger partial charge in [-0.15, -0.1) is 5.10 Å². The Hall–Kier alpha value is -3.48. The number of hydrogen-bond acceptors (Lipinski definition) is 4. The van der Waals surface area contributed by atoms with Gasteiger partial charge >= 0.3 is 0 Å². The van der Waals surface area contributed by atoms with Crippen LogP contribution in [0.15, 0.2) is 53.6 Å². The summed E-state index contributed by atoms with van der Waals surface area (Å²) in [6, 6.07) is 15.7. The summed E-state index contributed by atoms with van der Waals surface area (Å²) < 4.78 is 1.72. The Bertz CT molecular complexity index is 1110. The zero-order valence-electron chi connectivity index (χ0n) is 14.3. The molecule has 0 radical (unpaired) electrons. The maximum Gasteiger partial charge on any atom is 0.241 e. The number of nitrogens with one attached hydrogen (secondary N) is 2. The summed E-state index contributed by atoms with van der Waals surface area (Å²) in [5.41, 5.74) is 7.35. The van der Waals surface area contributed by atoms with Crippen LogP contribution in [-0.2, 0) is 11.3 Å². The molecule has 0 aliphatic heterocycles. The number of hydrazone groups is 1. The molecule has 2 N–H and O–H groups in total. The molecule has 130 valence electrons. The number of para-hydroxylation sites is 2. The molecule has 0 aliphatic rings. The van der Waals surface area contributed by atoms with Crippen LogP contribution >= 0.6 is 0 Å². The first-order valence-electron chi connectivity index (χ1n) is 8.40. The molecule has 2 aromatic heterocycles. The number of carbonyl (C=O) groups is 1. The third kappa shape index (κ3) is 3.06. The third-order valence-electron chi connectivity index (χ3n) is 4.30. The molecule has 0 spiro atoms. The second kappa shape index (κ2) is 6.79. The van der Waals surface area contributed by atoms with E-state index in [-0.39, 0.29) is 12.3 Å². The van der Waals surface area contributed by atoms with Gasteiger partial charge in [0, 0.05) is 28.6 Å². The van der Waals surface area contributed by atoms with Crippen molar-refractivity contribution in [2.75, 3.05) is 0 Å². The smallest absolute Gasteiger partial charge is 0.241 e. The van der Waals surface area contributed by atoms with Gasteiger partial charge in [0.15, 0.2) is 0 Å². The second-order valence-electron chi connectivity index (χ2n) is 6.05. The maximum absolute atomic E-state index is 12.1. The molecule has 0 aliphatic carbocycles. The lowest BCUT2D eigenvalue weighted by Gasteiger charge is -2.01. The van der Waals surface area contributed by atoms with Crippen LogP contribution in [0.5, 0.6) is 0 Å². The van der Waals surface area contributed by atoms with Crippen LogP contribution in [-0.4, -0.2) is 32.1 Å². The molecule has 0 bridgehead atoms. The molecule has 0 unspecified atom stereocenters. The number of carbonyl (C=O) groups excluding carboxylic acids is 1. The maximum atomic E-state index is 12.1. The van der Waals surface area contributed by atoms with Gasteiger partial charge in [0.25, 0.3) is 0 Å². The van der Waals surface area contributed by atoms with Crippen LogP contribution in [0, 0.1) is 6.92 Å². The van der Waals surface area contributed by atoms with Gasteiger partial charge in [0.1, 0.15) is 5.52 Å². The van der Waals surface area contributed by atoms with E-state index in [9.17, 15) is 4.79 Å². The van der Waals surface area contributed by atoms with Crippen molar-refractivity contribution in [3.05, 3.63) is 59.8 Å². The minimum Gasteiger partial charge on any atom is -0.358 e. The highest BCUT2D eigenvalue weighted by molar-refractivity contribution is 6.00. The largest absolute Gasteiger partial charge is 0.358 e. The van der Waals surface area contributed by atoms with Gasteiger partial charge in [-0.2, -0.15) is 5.10 Å². The standard InChI is InChI=1S/C19H18N6O/c1-13-15(14-6-2-3-7-16(14)21-13)12-20-23-19(26)10-11-25-18-9-5-4-8-17(18)22-24-25/h2-9,12,21H,10-11H2,1H3,(H,23,26)/b20-12-. The summed E-state index contributed by atoms with van der Waals surface area (Å²) in [6.07, 6.45) is 1.95. The molecular weight excluding hydrogens is 328 g/mol. The molecule has 0 saturated carbocycles. The molecule has 2 heterocycles. The predicted molar refractivity (Wildman–Crippen MR) is 101 cm³/mol. The average Bonchev–Trinajstić information content (AvgIpc) is 3.21. The minimum atomic E-state index is -0.168. The summed E-state index contributed by atoms with van der Waals surface area (Å²) >= 11 is 0. The van der Waals surface area contributed by atoms with Gasteiger partial charge < -0.3 is 4.98 Å². The van der Waals surface area contributed by atoms with E-state index in [1.54, 1.807) is 10.9 Å². The van der Waals surface area contributed by atoms with Crippen LogP contribution < -0.4 is 5.43 Å². The van der Waals surface area contributed by atoms with E-state index in [4.69, 9.17) is 0 Å². The quantitative estimate of drug-likeness (QED) is 0.430. The summed E-state index contributed by atoms with van der Waals surface area (Å²) in [5, 5.41) is 13.3. The van der Waals surface area contributed by atoms with Gasteiger partial charge in [-0.25, -0.2) is 10.1 Å². The summed E-state index contributed by atoms with van der Waals surface area (Å²) in [7, 11) is 0. The Kier molecular flexibility index (Phi) is 4.18. The van der Waals surface area contributed by atoms with E-state index in [0.717, 1.165) is 33.2 Å². The van der Waals surface area contributed by atoms with E-state index in [0.29, 0.717) is 6.54 Å².